The van der Waals surface area contributed by atoms with Crippen LogP contribution in [0.5, 0.6) is 0 Å². The fraction of sp³-hybridized carbons (Fsp3) is 0.500. The van der Waals surface area contributed by atoms with Gasteiger partial charge in [0.2, 0.25) is 5.91 Å². The van der Waals surface area contributed by atoms with E-state index >= 15 is 0 Å². The van der Waals surface area contributed by atoms with Crippen LogP contribution in [-0.2, 0) is 9.59 Å². The number of hydrogen-bond acceptors (Lipinski definition) is 7. The highest BCUT2D eigenvalue weighted by molar-refractivity contribution is 6.30. The third kappa shape index (κ3) is 4.17. The van der Waals surface area contributed by atoms with E-state index < -0.39 is 30.1 Å². The Labute approximate surface area is 185 Å². The molecule has 10 nitrogen and oxygen atoms in total. The molecule has 3 heterocycles. The van der Waals surface area contributed by atoms with Crippen molar-refractivity contribution in [2.45, 2.75) is 19.1 Å². The molecule has 3 aliphatic heterocycles. The first-order chi connectivity index (χ1) is 14.7. The summed E-state index contributed by atoms with van der Waals surface area (Å²) in [6.45, 7) is 5.61. The van der Waals surface area contributed by atoms with Crippen molar-refractivity contribution in [3.63, 3.8) is 0 Å². The molecule has 1 aromatic carbocycles. The Kier molecular flexibility index (Phi) is 5.76. The Morgan fingerprint density at radius 3 is 2.65 bits per heavy atom. The van der Waals surface area contributed by atoms with E-state index in [0.29, 0.717) is 17.4 Å². The highest BCUT2D eigenvalue weighted by Gasteiger charge is 2.48. The number of likely N-dealkylation sites (N-methyl/N-ethyl adjacent to an activating group) is 1. The molecular weight excluding hydrogens is 422 g/mol. The number of carbonyl (C=O) groups excluding carboxylic acids is 3. The van der Waals surface area contributed by atoms with Crippen LogP contribution in [-0.4, -0.2) is 96.9 Å². The van der Waals surface area contributed by atoms with E-state index in [1.54, 1.807) is 11.9 Å². The number of nitrogens with one attached hydrogen (secondary N) is 1. The molecule has 3 N–H and O–H groups in total. The smallest absolute Gasteiger partial charge is 0.325 e. The number of nitrogens with two attached hydrogens (primary N) is 1. The van der Waals surface area contributed by atoms with Crippen molar-refractivity contribution in [1.29, 1.82) is 0 Å². The van der Waals surface area contributed by atoms with Crippen molar-refractivity contribution in [3.05, 3.63) is 28.8 Å². The van der Waals surface area contributed by atoms with Gasteiger partial charge in [0.25, 0.3) is 5.91 Å². The summed E-state index contributed by atoms with van der Waals surface area (Å²) in [6, 6.07) is 4.64. The van der Waals surface area contributed by atoms with Crippen LogP contribution in [0.2, 0.25) is 5.02 Å². The van der Waals surface area contributed by atoms with Gasteiger partial charge >= 0.3 is 6.03 Å². The number of carbonyl (C=O) groups is 3. The number of hydrogen-bond donors (Lipinski definition) is 2. The third-order valence-electron chi connectivity index (χ3n) is 6.02. The molecule has 11 heteroatoms. The summed E-state index contributed by atoms with van der Waals surface area (Å²) in [4.78, 5) is 48.3. The molecule has 1 aromatic rings. The topological polar surface area (TPSA) is 115 Å². The van der Waals surface area contributed by atoms with Gasteiger partial charge in [0.15, 0.2) is 12.2 Å². The maximum atomic E-state index is 12.5. The molecule has 31 heavy (non-hydrogen) atoms. The number of fused-ring (bicyclic) bond motifs is 1. The minimum absolute atomic E-state index is 0.128. The molecule has 2 fully saturated rings. The quantitative estimate of drug-likeness (QED) is 0.648. The number of aliphatic imine (C=N–C) groups is 1. The number of nitrogens with zero attached hydrogens (tertiary/aromatic N) is 5. The van der Waals surface area contributed by atoms with E-state index in [9.17, 15) is 14.4 Å². The van der Waals surface area contributed by atoms with Crippen molar-refractivity contribution < 1.29 is 14.4 Å². The number of urea groups is 1. The highest BCUT2D eigenvalue weighted by Crippen LogP contribution is 2.27. The average molecular weight is 448 g/mol. The summed E-state index contributed by atoms with van der Waals surface area (Å²) in [7, 11) is 1.58. The number of primary amides is 1. The second kappa shape index (κ2) is 8.35. The van der Waals surface area contributed by atoms with Gasteiger partial charge in [-0.1, -0.05) is 17.7 Å². The number of aryl methyl sites for hydroxylation is 1. The summed E-state index contributed by atoms with van der Waals surface area (Å²) in [5, 5.41) is 3.02. The molecule has 0 aromatic heterocycles. The Bertz CT molecular complexity index is 945. The lowest BCUT2D eigenvalue weighted by atomic mass is 10.1. The van der Waals surface area contributed by atoms with E-state index in [2.05, 4.69) is 27.0 Å². The van der Waals surface area contributed by atoms with E-state index in [1.165, 1.54) is 10.5 Å². The first-order valence-corrected chi connectivity index (χ1v) is 10.5. The zero-order valence-electron chi connectivity index (χ0n) is 17.5. The number of amidine groups is 1. The van der Waals surface area contributed by atoms with Crippen LogP contribution in [0.3, 0.4) is 0 Å². The van der Waals surface area contributed by atoms with Gasteiger partial charge in [-0.05, 0) is 24.6 Å². The molecule has 166 valence electrons. The highest BCUT2D eigenvalue weighted by atomic mass is 35.5. The van der Waals surface area contributed by atoms with Crippen molar-refractivity contribution in [3.8, 4) is 0 Å². The van der Waals surface area contributed by atoms with Gasteiger partial charge in [-0.15, -0.1) is 0 Å². The number of benzene rings is 1. The van der Waals surface area contributed by atoms with Crippen LogP contribution >= 0.6 is 11.6 Å². The number of halogens is 1. The number of rotatable bonds is 5. The second-order valence-corrected chi connectivity index (χ2v) is 8.53. The predicted octanol–water partition coefficient (Wildman–Crippen LogP) is -0.154. The summed E-state index contributed by atoms with van der Waals surface area (Å²) in [5.74, 6) is -0.422. The fourth-order valence-corrected chi connectivity index (χ4v) is 4.51. The maximum absolute atomic E-state index is 12.5. The Morgan fingerprint density at radius 1 is 1.26 bits per heavy atom. The molecule has 0 saturated carbocycles. The predicted molar refractivity (Wildman–Crippen MR) is 117 cm³/mol. The molecule has 2 saturated heterocycles. The van der Waals surface area contributed by atoms with Crippen LogP contribution in [0, 0.1) is 6.92 Å². The average Bonchev–Trinajstić information content (AvgIpc) is 3.07. The molecule has 0 bridgehead atoms. The van der Waals surface area contributed by atoms with Crippen LogP contribution in [0.1, 0.15) is 5.56 Å². The molecule has 3 aliphatic rings. The summed E-state index contributed by atoms with van der Waals surface area (Å²) in [6.07, 6.45) is -0.661. The van der Waals surface area contributed by atoms with E-state index in [-0.39, 0.29) is 6.54 Å². The number of imide groups is 1. The fourth-order valence-electron chi connectivity index (χ4n) is 4.34. The lowest BCUT2D eigenvalue weighted by Gasteiger charge is -2.38. The normalized spacial score (nSPS) is 24.2. The molecule has 0 spiro atoms. The number of anilines is 1. The van der Waals surface area contributed by atoms with Crippen molar-refractivity contribution in [2.75, 3.05) is 51.2 Å². The van der Waals surface area contributed by atoms with Gasteiger partial charge in [-0.3, -0.25) is 19.8 Å². The lowest BCUT2D eigenvalue weighted by Crippen LogP contribution is -2.64. The largest absolute Gasteiger partial charge is 0.369 e. The molecule has 2 unspecified atom stereocenters. The molecular formula is C20H26ClN7O3. The van der Waals surface area contributed by atoms with Gasteiger partial charge in [0.1, 0.15) is 5.84 Å². The Hall–Kier alpha value is -2.85. The number of amides is 4. The van der Waals surface area contributed by atoms with E-state index in [0.717, 1.165) is 31.9 Å². The standard InChI is InChI=1S/C20H26ClN7O3/c1-12-3-4-13(21)9-14(12)27-7-5-26(6-8-27)11-16-23-18-17(28(16)10-15(22)29)19(30)24-20(31)25(18)2/h3-4,9,17-18H,5-8,10-11H2,1-2H3,(H2,22,29)(H,24,30,31). The van der Waals surface area contributed by atoms with Gasteiger partial charge in [-0.25, -0.2) is 9.79 Å². The van der Waals surface area contributed by atoms with Gasteiger partial charge in [0, 0.05) is 43.9 Å². The zero-order chi connectivity index (χ0) is 22.3. The summed E-state index contributed by atoms with van der Waals surface area (Å²) >= 11 is 6.17. The van der Waals surface area contributed by atoms with E-state index in [4.69, 9.17) is 17.3 Å². The first-order valence-electron chi connectivity index (χ1n) is 10.2. The van der Waals surface area contributed by atoms with Crippen LogP contribution < -0.4 is 16.0 Å². The minimum Gasteiger partial charge on any atom is -0.369 e. The molecule has 4 amide bonds. The monoisotopic (exact) mass is 447 g/mol. The zero-order valence-corrected chi connectivity index (χ0v) is 18.3. The Morgan fingerprint density at radius 2 is 1.97 bits per heavy atom. The maximum Gasteiger partial charge on any atom is 0.325 e. The Balaban J connectivity index is 1.46. The van der Waals surface area contributed by atoms with Crippen molar-refractivity contribution in [1.82, 2.24) is 20.0 Å². The van der Waals surface area contributed by atoms with Crippen molar-refractivity contribution >= 4 is 41.0 Å². The van der Waals surface area contributed by atoms with Gasteiger partial charge < -0.3 is 20.4 Å². The molecule has 2 atom stereocenters. The summed E-state index contributed by atoms with van der Waals surface area (Å²) < 4.78 is 0. The van der Waals surface area contributed by atoms with Crippen molar-refractivity contribution in [2.24, 2.45) is 10.7 Å². The lowest BCUT2D eigenvalue weighted by molar-refractivity contribution is -0.128. The molecule has 4 rings (SSSR count). The second-order valence-electron chi connectivity index (χ2n) is 8.10. The third-order valence-corrected chi connectivity index (χ3v) is 6.26. The molecule has 0 radical (unpaired) electrons. The molecule has 0 aliphatic carbocycles. The van der Waals surface area contributed by atoms with Crippen LogP contribution in [0.15, 0.2) is 23.2 Å². The first kappa shape index (κ1) is 21.4. The summed E-state index contributed by atoms with van der Waals surface area (Å²) in [5.41, 5.74) is 7.73. The van der Waals surface area contributed by atoms with Crippen LogP contribution in [0.25, 0.3) is 0 Å². The van der Waals surface area contributed by atoms with E-state index in [1.807, 2.05) is 18.2 Å². The minimum atomic E-state index is -0.749. The van der Waals surface area contributed by atoms with Gasteiger partial charge in [0.05, 0.1) is 13.1 Å². The SMILES string of the molecule is Cc1ccc(Cl)cc1N1CCN(CC2=NC3C(C(=O)NC(=O)N3C)N2CC(N)=O)CC1. The van der Waals surface area contributed by atoms with Gasteiger partial charge in [-0.2, -0.15) is 0 Å². The van der Waals surface area contributed by atoms with Crippen LogP contribution in [0.4, 0.5) is 10.5 Å². The number of piperazine rings is 1.